The predicted molar refractivity (Wildman–Crippen MR) is 108 cm³/mol. The Morgan fingerprint density at radius 2 is 2.07 bits per heavy atom. The summed E-state index contributed by atoms with van der Waals surface area (Å²) in [4.78, 5) is 26.9. The van der Waals surface area contributed by atoms with Crippen molar-refractivity contribution < 1.29 is 19.1 Å². The second-order valence-corrected chi connectivity index (χ2v) is 7.41. The fourth-order valence-electron chi connectivity index (χ4n) is 3.06. The van der Waals surface area contributed by atoms with Crippen LogP contribution in [0, 0.1) is 0 Å². The molecule has 0 aliphatic carbocycles. The Balaban J connectivity index is 1.99. The normalized spacial score (nSPS) is 15.9. The molecule has 1 aliphatic heterocycles. The lowest BCUT2D eigenvalue weighted by atomic mass is 9.99. The predicted octanol–water partition coefficient (Wildman–Crippen LogP) is 2.92. The van der Waals surface area contributed by atoms with Gasteiger partial charge in [0.1, 0.15) is 18.0 Å². The van der Waals surface area contributed by atoms with E-state index in [4.69, 9.17) is 9.47 Å². The highest BCUT2D eigenvalue weighted by Crippen LogP contribution is 2.39. The van der Waals surface area contributed by atoms with Crippen molar-refractivity contribution in [2.45, 2.75) is 19.4 Å². The number of carbonyl (C=O) groups excluding carboxylic acids is 2. The molecule has 28 heavy (non-hydrogen) atoms. The molecule has 0 radical (unpaired) electrons. The van der Waals surface area contributed by atoms with E-state index >= 15 is 0 Å². The van der Waals surface area contributed by atoms with Gasteiger partial charge in [-0.25, -0.2) is 5.01 Å². The molecule has 1 aliphatic rings. The van der Waals surface area contributed by atoms with Crippen LogP contribution < -0.4 is 9.47 Å². The van der Waals surface area contributed by atoms with Gasteiger partial charge in [0.05, 0.1) is 30.9 Å². The highest BCUT2D eigenvalue weighted by molar-refractivity contribution is 7.12. The summed E-state index contributed by atoms with van der Waals surface area (Å²) in [7, 11) is 4.79. The monoisotopic (exact) mass is 401 g/mol. The van der Waals surface area contributed by atoms with Crippen LogP contribution in [0.2, 0.25) is 0 Å². The molecule has 2 aromatic rings. The van der Waals surface area contributed by atoms with E-state index in [0.29, 0.717) is 17.9 Å². The quantitative estimate of drug-likeness (QED) is 0.746. The first-order chi connectivity index (χ1) is 13.4. The number of likely N-dealkylation sites (N-methyl/N-ethyl adjacent to an activating group) is 1. The van der Waals surface area contributed by atoms with E-state index in [-0.39, 0.29) is 24.4 Å². The molecule has 3 rings (SSSR count). The summed E-state index contributed by atoms with van der Waals surface area (Å²) in [5.41, 5.74) is 1.65. The number of nitrogens with zero attached hydrogens (tertiary/aromatic N) is 3. The van der Waals surface area contributed by atoms with Crippen LogP contribution in [0.1, 0.15) is 29.8 Å². The molecule has 148 valence electrons. The third kappa shape index (κ3) is 4.01. The maximum absolute atomic E-state index is 13.0. The van der Waals surface area contributed by atoms with Crippen molar-refractivity contribution in [2.24, 2.45) is 5.10 Å². The largest absolute Gasteiger partial charge is 0.497 e. The van der Waals surface area contributed by atoms with E-state index in [2.05, 4.69) is 5.10 Å². The molecule has 8 heteroatoms. The van der Waals surface area contributed by atoms with E-state index < -0.39 is 0 Å². The fourth-order valence-corrected chi connectivity index (χ4v) is 3.78. The van der Waals surface area contributed by atoms with Crippen LogP contribution in [0.4, 0.5) is 0 Å². The SMILES string of the molecule is COc1ccc(OC)c([C@H]2CC(c3cccs3)=NN2C(=O)CN(C)C(C)=O)c1. The van der Waals surface area contributed by atoms with Crippen LogP contribution in [-0.2, 0) is 9.59 Å². The summed E-state index contributed by atoms with van der Waals surface area (Å²) in [5, 5.41) is 8.05. The Bertz CT molecular complexity index is 895. The van der Waals surface area contributed by atoms with Gasteiger partial charge in [-0.2, -0.15) is 5.10 Å². The maximum atomic E-state index is 13.0. The molecule has 2 amide bonds. The molecule has 0 bridgehead atoms. The Labute approximate surface area is 168 Å². The average molecular weight is 401 g/mol. The molecule has 1 atom stereocenters. The van der Waals surface area contributed by atoms with Crippen molar-refractivity contribution in [1.29, 1.82) is 0 Å². The van der Waals surface area contributed by atoms with Crippen molar-refractivity contribution >= 4 is 28.9 Å². The van der Waals surface area contributed by atoms with Crippen molar-refractivity contribution in [3.8, 4) is 11.5 Å². The molecule has 2 heterocycles. The van der Waals surface area contributed by atoms with Gasteiger partial charge in [-0.1, -0.05) is 6.07 Å². The van der Waals surface area contributed by atoms with Crippen LogP contribution in [-0.4, -0.2) is 55.2 Å². The molecule has 0 saturated carbocycles. The molecule has 1 aromatic heterocycles. The van der Waals surface area contributed by atoms with Crippen molar-refractivity contribution in [1.82, 2.24) is 9.91 Å². The fraction of sp³-hybridized carbons (Fsp3) is 0.350. The lowest BCUT2D eigenvalue weighted by Gasteiger charge is -2.25. The third-order valence-corrected chi connectivity index (χ3v) is 5.60. The second-order valence-electron chi connectivity index (χ2n) is 6.47. The average Bonchev–Trinajstić information content (AvgIpc) is 3.36. The van der Waals surface area contributed by atoms with Crippen LogP contribution in [0.15, 0.2) is 40.8 Å². The van der Waals surface area contributed by atoms with Gasteiger partial charge in [0.25, 0.3) is 5.91 Å². The van der Waals surface area contributed by atoms with E-state index in [1.807, 2.05) is 35.7 Å². The molecule has 1 aromatic carbocycles. The number of benzene rings is 1. The number of carbonyl (C=O) groups is 2. The Morgan fingerprint density at radius 3 is 2.68 bits per heavy atom. The highest BCUT2D eigenvalue weighted by atomic mass is 32.1. The topological polar surface area (TPSA) is 71.4 Å². The molecule has 7 nitrogen and oxygen atoms in total. The minimum atomic E-state index is -0.338. The molecule has 0 saturated heterocycles. The molecular weight excluding hydrogens is 378 g/mol. The lowest BCUT2D eigenvalue weighted by molar-refractivity contribution is -0.139. The summed E-state index contributed by atoms with van der Waals surface area (Å²) in [6.07, 6.45) is 0.555. The minimum absolute atomic E-state index is 0.0423. The first-order valence-electron chi connectivity index (χ1n) is 8.81. The van der Waals surface area contributed by atoms with E-state index in [1.54, 1.807) is 32.6 Å². The van der Waals surface area contributed by atoms with Gasteiger partial charge in [0, 0.05) is 26.0 Å². The van der Waals surface area contributed by atoms with Crippen molar-refractivity contribution in [3.63, 3.8) is 0 Å². The Kier molecular flexibility index (Phi) is 5.99. The summed E-state index contributed by atoms with van der Waals surface area (Å²) in [6.45, 7) is 1.39. The van der Waals surface area contributed by atoms with Crippen LogP contribution in [0.3, 0.4) is 0 Å². The molecular formula is C20H23N3O4S. The smallest absolute Gasteiger partial charge is 0.262 e. The van der Waals surface area contributed by atoms with Crippen LogP contribution in [0.5, 0.6) is 11.5 Å². The first-order valence-corrected chi connectivity index (χ1v) is 9.69. The number of rotatable bonds is 6. The zero-order chi connectivity index (χ0) is 20.3. The van der Waals surface area contributed by atoms with Crippen molar-refractivity contribution in [2.75, 3.05) is 27.8 Å². The number of hydrogen-bond acceptors (Lipinski definition) is 6. The second kappa shape index (κ2) is 8.43. The van der Waals surface area contributed by atoms with Gasteiger partial charge < -0.3 is 14.4 Å². The molecule has 0 fully saturated rings. The van der Waals surface area contributed by atoms with E-state index in [0.717, 1.165) is 16.2 Å². The number of hydrazone groups is 1. The number of methoxy groups -OCH3 is 2. The zero-order valence-electron chi connectivity index (χ0n) is 16.3. The van der Waals surface area contributed by atoms with Gasteiger partial charge in [-0.15, -0.1) is 11.3 Å². The number of ether oxygens (including phenoxy) is 2. The lowest BCUT2D eigenvalue weighted by Crippen LogP contribution is -2.38. The summed E-state index contributed by atoms with van der Waals surface area (Å²) < 4.78 is 10.9. The number of thiophene rings is 1. The van der Waals surface area contributed by atoms with Gasteiger partial charge in [-0.3, -0.25) is 9.59 Å². The van der Waals surface area contributed by atoms with Gasteiger partial charge in [-0.05, 0) is 29.6 Å². The molecule has 0 N–H and O–H groups in total. The maximum Gasteiger partial charge on any atom is 0.262 e. The minimum Gasteiger partial charge on any atom is -0.497 e. The van der Waals surface area contributed by atoms with Gasteiger partial charge in [0.15, 0.2) is 0 Å². The zero-order valence-corrected chi connectivity index (χ0v) is 17.2. The number of hydrogen-bond donors (Lipinski definition) is 0. The number of amides is 2. The van der Waals surface area contributed by atoms with E-state index in [9.17, 15) is 9.59 Å². The Morgan fingerprint density at radius 1 is 1.29 bits per heavy atom. The summed E-state index contributed by atoms with van der Waals surface area (Å²) >= 11 is 1.58. The van der Waals surface area contributed by atoms with Crippen molar-refractivity contribution in [3.05, 3.63) is 46.2 Å². The molecule has 0 unspecified atom stereocenters. The highest BCUT2D eigenvalue weighted by Gasteiger charge is 2.35. The van der Waals surface area contributed by atoms with Gasteiger partial charge in [0.2, 0.25) is 5.91 Å². The molecule has 0 spiro atoms. The van der Waals surface area contributed by atoms with Crippen LogP contribution >= 0.6 is 11.3 Å². The summed E-state index contributed by atoms with van der Waals surface area (Å²) in [6, 6.07) is 9.10. The first kappa shape index (κ1) is 19.9. The van der Waals surface area contributed by atoms with Crippen LogP contribution in [0.25, 0.3) is 0 Å². The van der Waals surface area contributed by atoms with E-state index in [1.165, 1.54) is 16.8 Å². The Hall–Kier alpha value is -2.87. The standard InChI is InChI=1S/C20H23N3O4S/c1-13(24)22(2)12-20(25)23-17(11-16(21-23)19-6-5-9-28-19)15-10-14(26-3)7-8-18(15)27-4/h5-10,17H,11-12H2,1-4H3/t17-/m1/s1. The third-order valence-electron chi connectivity index (χ3n) is 4.68. The summed E-state index contributed by atoms with van der Waals surface area (Å²) in [5.74, 6) is 0.907. The van der Waals surface area contributed by atoms with Gasteiger partial charge >= 0.3 is 0 Å².